The number of anilines is 3. The number of aromatic nitrogens is 2. The molecule has 0 aliphatic carbocycles. The molecule has 2 rings (SSSR count). The van der Waals surface area contributed by atoms with Crippen LogP contribution in [0.15, 0.2) is 35.1 Å². The summed E-state index contributed by atoms with van der Waals surface area (Å²) in [6.07, 6.45) is 3.22. The van der Waals surface area contributed by atoms with Crippen molar-refractivity contribution in [2.24, 2.45) is 0 Å². The van der Waals surface area contributed by atoms with Crippen molar-refractivity contribution in [2.45, 2.75) is 6.92 Å². The fourth-order valence-corrected chi connectivity index (χ4v) is 1.78. The number of halogens is 1. The molecule has 0 amide bonds. The van der Waals surface area contributed by atoms with Gasteiger partial charge in [-0.1, -0.05) is 22.0 Å². The molecule has 1 heterocycles. The van der Waals surface area contributed by atoms with Gasteiger partial charge in [0.2, 0.25) is 0 Å². The number of nitriles is 1. The maximum absolute atomic E-state index is 8.53. The lowest BCUT2D eigenvalue weighted by Crippen LogP contribution is -1.99. The molecule has 0 aliphatic heterocycles. The van der Waals surface area contributed by atoms with E-state index in [1.165, 1.54) is 6.33 Å². The molecule has 0 saturated heterocycles. The van der Waals surface area contributed by atoms with Crippen LogP contribution in [0, 0.1) is 18.4 Å². The summed E-state index contributed by atoms with van der Waals surface area (Å²) in [5.74, 6) is 1.09. The first kappa shape index (κ1) is 12.3. The minimum Gasteiger partial charge on any atom is -0.340 e. The highest BCUT2D eigenvalue weighted by atomic mass is 79.9. The quantitative estimate of drug-likeness (QED) is 0.673. The molecule has 0 saturated carbocycles. The summed E-state index contributed by atoms with van der Waals surface area (Å²) in [6.45, 7) is 2.00. The van der Waals surface area contributed by atoms with Crippen LogP contribution in [0.3, 0.4) is 0 Å². The zero-order valence-electron chi connectivity index (χ0n) is 9.61. The van der Waals surface area contributed by atoms with Crippen LogP contribution in [0.4, 0.5) is 17.3 Å². The van der Waals surface area contributed by atoms with Crippen LogP contribution in [0.1, 0.15) is 5.56 Å². The van der Waals surface area contributed by atoms with Gasteiger partial charge in [0.15, 0.2) is 6.19 Å². The summed E-state index contributed by atoms with van der Waals surface area (Å²) in [5.41, 5.74) is 2.05. The third-order valence-corrected chi connectivity index (χ3v) is 2.81. The molecule has 0 fully saturated rings. The Morgan fingerprint density at radius 2 is 2.00 bits per heavy atom. The zero-order chi connectivity index (χ0) is 13.0. The van der Waals surface area contributed by atoms with E-state index in [0.29, 0.717) is 11.6 Å². The van der Waals surface area contributed by atoms with Gasteiger partial charge < -0.3 is 5.32 Å². The molecule has 0 atom stereocenters. The van der Waals surface area contributed by atoms with Crippen molar-refractivity contribution in [3.8, 4) is 6.19 Å². The second kappa shape index (κ2) is 5.47. The van der Waals surface area contributed by atoms with Gasteiger partial charge >= 0.3 is 0 Å². The normalized spacial score (nSPS) is 9.61. The van der Waals surface area contributed by atoms with E-state index in [4.69, 9.17) is 5.26 Å². The highest BCUT2D eigenvalue weighted by molar-refractivity contribution is 9.10. The van der Waals surface area contributed by atoms with E-state index >= 15 is 0 Å². The number of aryl methyl sites for hydroxylation is 1. The molecule has 2 N–H and O–H groups in total. The van der Waals surface area contributed by atoms with Gasteiger partial charge in [-0.05, 0) is 24.6 Å². The van der Waals surface area contributed by atoms with Crippen molar-refractivity contribution < 1.29 is 0 Å². The molecule has 5 nitrogen and oxygen atoms in total. The molecular formula is C12H10BrN5. The van der Waals surface area contributed by atoms with Gasteiger partial charge in [0.05, 0.1) is 0 Å². The van der Waals surface area contributed by atoms with Gasteiger partial charge in [-0.25, -0.2) is 9.97 Å². The highest BCUT2D eigenvalue weighted by Crippen LogP contribution is 2.23. The highest BCUT2D eigenvalue weighted by Gasteiger charge is 2.02. The number of benzene rings is 1. The molecule has 0 unspecified atom stereocenters. The van der Waals surface area contributed by atoms with Crippen molar-refractivity contribution in [1.82, 2.24) is 9.97 Å². The summed E-state index contributed by atoms with van der Waals surface area (Å²) in [7, 11) is 0. The summed E-state index contributed by atoms with van der Waals surface area (Å²) in [4.78, 5) is 8.02. The first-order valence-corrected chi connectivity index (χ1v) is 5.98. The molecule has 2 aromatic rings. The van der Waals surface area contributed by atoms with E-state index in [-0.39, 0.29) is 0 Å². The molecule has 6 heteroatoms. The topological polar surface area (TPSA) is 73.6 Å². The van der Waals surface area contributed by atoms with Crippen molar-refractivity contribution >= 4 is 33.3 Å². The third kappa shape index (κ3) is 2.96. The monoisotopic (exact) mass is 303 g/mol. The van der Waals surface area contributed by atoms with Crippen molar-refractivity contribution in [2.75, 3.05) is 10.6 Å². The van der Waals surface area contributed by atoms with Gasteiger partial charge in [-0.2, -0.15) is 5.26 Å². The van der Waals surface area contributed by atoms with Crippen LogP contribution < -0.4 is 10.6 Å². The molecular weight excluding hydrogens is 294 g/mol. The largest absolute Gasteiger partial charge is 0.340 e. The van der Waals surface area contributed by atoms with Crippen molar-refractivity contribution in [1.29, 1.82) is 5.26 Å². The summed E-state index contributed by atoms with van der Waals surface area (Å²) < 4.78 is 0.986. The van der Waals surface area contributed by atoms with Gasteiger partial charge in [0, 0.05) is 16.2 Å². The fraction of sp³-hybridized carbons (Fsp3) is 0.0833. The maximum Gasteiger partial charge on any atom is 0.182 e. The van der Waals surface area contributed by atoms with Gasteiger partial charge in [-0.3, -0.25) is 5.32 Å². The van der Waals surface area contributed by atoms with Gasteiger partial charge in [0.1, 0.15) is 18.0 Å². The lowest BCUT2D eigenvalue weighted by atomic mass is 10.2. The Kier molecular flexibility index (Phi) is 3.75. The Hall–Kier alpha value is -2.13. The Morgan fingerprint density at radius 3 is 2.78 bits per heavy atom. The average molecular weight is 304 g/mol. The molecule has 18 heavy (non-hydrogen) atoms. The van der Waals surface area contributed by atoms with Crippen molar-refractivity contribution in [3.05, 3.63) is 40.6 Å². The van der Waals surface area contributed by atoms with E-state index in [9.17, 15) is 0 Å². The van der Waals surface area contributed by atoms with Crippen LogP contribution in [-0.4, -0.2) is 9.97 Å². The molecule has 90 valence electrons. The molecule has 1 aromatic heterocycles. The van der Waals surface area contributed by atoms with Crippen LogP contribution in [-0.2, 0) is 0 Å². The minimum absolute atomic E-state index is 0.461. The minimum atomic E-state index is 0.461. The Bertz CT molecular complexity index is 606. The predicted octanol–water partition coefficient (Wildman–Crippen LogP) is 3.18. The number of nitrogens with one attached hydrogen (secondary N) is 2. The van der Waals surface area contributed by atoms with Crippen LogP contribution >= 0.6 is 15.9 Å². The van der Waals surface area contributed by atoms with E-state index < -0.39 is 0 Å². The van der Waals surface area contributed by atoms with Gasteiger partial charge in [0.25, 0.3) is 0 Å². The lowest BCUT2D eigenvalue weighted by Gasteiger charge is -2.09. The number of hydrogen-bond donors (Lipinski definition) is 2. The zero-order valence-corrected chi connectivity index (χ0v) is 11.2. The average Bonchev–Trinajstić information content (AvgIpc) is 2.35. The van der Waals surface area contributed by atoms with E-state index in [1.807, 2.05) is 31.3 Å². The lowest BCUT2D eigenvalue weighted by molar-refractivity contribution is 1.16. The summed E-state index contributed by atoms with van der Waals surface area (Å²) in [5, 5.41) is 14.2. The van der Waals surface area contributed by atoms with E-state index in [0.717, 1.165) is 15.7 Å². The first-order chi connectivity index (χ1) is 8.69. The predicted molar refractivity (Wildman–Crippen MR) is 73.4 cm³/mol. The van der Waals surface area contributed by atoms with Crippen molar-refractivity contribution in [3.63, 3.8) is 0 Å². The molecule has 1 aromatic carbocycles. The maximum atomic E-state index is 8.53. The molecule has 0 aliphatic rings. The Balaban J connectivity index is 2.26. The smallest absolute Gasteiger partial charge is 0.182 e. The molecule has 0 spiro atoms. The number of rotatable bonds is 3. The third-order valence-electron chi connectivity index (χ3n) is 2.31. The Labute approximate surface area is 113 Å². The fourth-order valence-electron chi connectivity index (χ4n) is 1.42. The number of nitrogens with zero attached hydrogens (tertiary/aromatic N) is 3. The standard InChI is InChI=1S/C12H10BrN5/c1-8-2-3-9(13)4-10(8)18-12-5-11(15-6-14)16-7-17-12/h2-5,7H,1H3,(H2,15,16,17,18). The second-order valence-electron chi connectivity index (χ2n) is 3.61. The molecule has 0 bridgehead atoms. The SMILES string of the molecule is Cc1ccc(Br)cc1Nc1cc(NC#N)ncn1. The van der Waals surface area contributed by atoms with Gasteiger partial charge in [-0.15, -0.1) is 0 Å². The summed E-state index contributed by atoms with van der Waals surface area (Å²) >= 11 is 3.42. The molecule has 0 radical (unpaired) electrons. The number of hydrogen-bond acceptors (Lipinski definition) is 5. The van der Waals surface area contributed by atoms with E-state index in [1.54, 1.807) is 6.07 Å². The van der Waals surface area contributed by atoms with Crippen LogP contribution in [0.25, 0.3) is 0 Å². The van der Waals surface area contributed by atoms with E-state index in [2.05, 4.69) is 36.5 Å². The summed E-state index contributed by atoms with van der Waals surface area (Å²) in [6, 6.07) is 7.61. The second-order valence-corrected chi connectivity index (χ2v) is 4.53. The van der Waals surface area contributed by atoms with Crippen LogP contribution in [0.5, 0.6) is 0 Å². The Morgan fingerprint density at radius 1 is 1.22 bits per heavy atom. The van der Waals surface area contributed by atoms with Crippen LogP contribution in [0.2, 0.25) is 0 Å². The first-order valence-electron chi connectivity index (χ1n) is 5.19.